The molecule has 0 saturated heterocycles. The number of azo groups is 1. The van der Waals surface area contributed by atoms with Crippen LogP contribution >= 0.6 is 0 Å². The first-order valence-electron chi connectivity index (χ1n) is 17.7. The van der Waals surface area contributed by atoms with Gasteiger partial charge in [-0.3, -0.25) is 25.0 Å². The Hall–Kier alpha value is -4.64. The van der Waals surface area contributed by atoms with Crippen molar-refractivity contribution < 1.29 is 165 Å². The van der Waals surface area contributed by atoms with Crippen molar-refractivity contribution in [2.75, 3.05) is 23.0 Å². The van der Waals surface area contributed by atoms with Gasteiger partial charge in [-0.15, -0.1) is 0 Å². The standard InChI is InChI=1S/C37H26N8O17S4.3Na/c1-62-29-16-22(39-38-20-4-2-18-12-25(64(53,54)55)17-30(26(18)14-20)65(56,57)58)6-11-28(29)41-42-32-31(66(59,60)61)13-19-3-5-21(15-27(19)35(32)46)40-43-33-34(37(48)49)44-45(36(33)47)23-7-9-24(10-8-23)63(50,51)52;;;/h2-17,40-41H,1H3,(H,48,49)(H,50,51,52)(H,53,54,55)(H,56,57,58)(H,59,60,61);;;/q;3*+1/p-3/b39-38?,42-32-,43-33+;;;. The number of amides is 1. The van der Waals surface area contributed by atoms with Gasteiger partial charge in [-0.1, -0.05) is 12.1 Å². The van der Waals surface area contributed by atoms with Crippen LogP contribution in [0.5, 0.6) is 5.75 Å². The average Bonchev–Trinajstić information content (AvgIpc) is 3.58. The van der Waals surface area contributed by atoms with E-state index < -0.39 is 94.9 Å². The predicted molar refractivity (Wildman–Crippen MR) is 226 cm³/mol. The fraction of sp³-hybridized carbons (Fsp3) is 0.0270. The van der Waals surface area contributed by atoms with E-state index in [0.29, 0.717) is 11.1 Å². The molecule has 340 valence electrons. The molecule has 1 amide bonds. The van der Waals surface area contributed by atoms with E-state index in [1.807, 2.05) is 0 Å². The smallest absolute Gasteiger partial charge is 0.744 e. The Labute approximate surface area is 456 Å². The molecule has 0 bridgehead atoms. The largest absolute Gasteiger partial charge is 1.00 e. The van der Waals surface area contributed by atoms with Gasteiger partial charge in [0.1, 0.15) is 41.0 Å². The van der Waals surface area contributed by atoms with Crippen molar-refractivity contribution in [1.29, 1.82) is 0 Å². The molecule has 0 spiro atoms. The van der Waals surface area contributed by atoms with Gasteiger partial charge in [0.15, 0.2) is 11.4 Å². The van der Waals surface area contributed by atoms with E-state index in [-0.39, 0.29) is 145 Å². The number of anilines is 3. The summed E-state index contributed by atoms with van der Waals surface area (Å²) in [4.78, 5) is 35.6. The van der Waals surface area contributed by atoms with Crippen molar-refractivity contribution in [3.05, 3.63) is 107 Å². The zero-order valence-corrected chi connectivity index (χ0v) is 44.8. The number of hydrogen-bond acceptors (Lipinski definition) is 22. The average molecular weight is 1050 g/mol. The number of benzene rings is 5. The van der Waals surface area contributed by atoms with Crippen LogP contribution in [0.3, 0.4) is 0 Å². The van der Waals surface area contributed by atoms with Crippen LogP contribution in [0, 0.1) is 0 Å². The molecule has 4 N–H and O–H groups in total. The van der Waals surface area contributed by atoms with Gasteiger partial charge in [0.25, 0.3) is 10.1 Å². The van der Waals surface area contributed by atoms with Crippen molar-refractivity contribution in [3.63, 3.8) is 0 Å². The van der Waals surface area contributed by atoms with Gasteiger partial charge in [-0.2, -0.15) is 39.0 Å². The summed E-state index contributed by atoms with van der Waals surface area (Å²) >= 11 is 0. The number of hydrogen-bond donors (Lipinski definition) is 4. The minimum Gasteiger partial charge on any atom is -0.744 e. The number of carboxylic acids is 1. The Morgan fingerprint density at radius 1 is 0.710 bits per heavy atom. The number of rotatable bonds is 13. The van der Waals surface area contributed by atoms with E-state index in [1.165, 1.54) is 49.6 Å². The number of methoxy groups -OCH3 is 1. The van der Waals surface area contributed by atoms with Crippen molar-refractivity contribution in [2.45, 2.75) is 14.7 Å². The van der Waals surface area contributed by atoms with Crippen molar-refractivity contribution in [3.8, 4) is 5.75 Å². The number of allylic oxidation sites excluding steroid dienone is 1. The molecule has 1 heterocycles. The van der Waals surface area contributed by atoms with Crippen LogP contribution in [-0.2, 0) is 50.1 Å². The molecule has 0 radical (unpaired) electrons. The summed E-state index contributed by atoms with van der Waals surface area (Å²) in [7, 11) is -19.1. The maximum atomic E-state index is 13.8. The Morgan fingerprint density at radius 3 is 1.90 bits per heavy atom. The number of carbonyl (C=O) groups is 3. The van der Waals surface area contributed by atoms with Crippen LogP contribution in [-0.4, -0.2) is 98.9 Å². The summed E-state index contributed by atoms with van der Waals surface area (Å²) in [6, 6.07) is 16.4. The Morgan fingerprint density at radius 2 is 1.32 bits per heavy atom. The number of aliphatic carboxylic acids is 1. The van der Waals surface area contributed by atoms with E-state index in [1.54, 1.807) is 0 Å². The van der Waals surface area contributed by atoms with Gasteiger partial charge in [-0.05, 0) is 89.8 Å². The molecule has 0 fully saturated rings. The molecular weight excluding hydrogens is 1030 g/mol. The predicted octanol–water partition coefficient (Wildman–Crippen LogP) is -5.86. The summed E-state index contributed by atoms with van der Waals surface area (Å²) in [5, 5.41) is 29.6. The number of ketones is 1. The van der Waals surface area contributed by atoms with E-state index in [9.17, 15) is 71.4 Å². The molecule has 1 aliphatic carbocycles. The van der Waals surface area contributed by atoms with Crippen LogP contribution in [0.4, 0.5) is 28.4 Å². The van der Waals surface area contributed by atoms with Crippen LogP contribution < -0.4 is 109 Å². The van der Waals surface area contributed by atoms with Gasteiger partial charge in [0.2, 0.25) is 11.5 Å². The molecular formula is C37H23N8Na3O17S4. The topological polar surface area (TPSA) is 396 Å². The number of carboxylic acid groups (broad SMARTS) is 1. The van der Waals surface area contributed by atoms with Crippen molar-refractivity contribution >= 4 is 121 Å². The number of Topliss-reactive ketones (excluding diaryl/α,β-unsaturated/α-hetero) is 1. The fourth-order valence-electron chi connectivity index (χ4n) is 6.15. The molecule has 0 unspecified atom stereocenters. The maximum absolute atomic E-state index is 13.8. The van der Waals surface area contributed by atoms with E-state index in [4.69, 9.17) is 4.74 Å². The first kappa shape index (κ1) is 56.9. The zero-order valence-electron chi connectivity index (χ0n) is 35.6. The molecule has 32 heteroatoms. The minimum absolute atomic E-state index is 0. The Kier molecular flexibility index (Phi) is 18.0. The third-order valence-electron chi connectivity index (χ3n) is 9.19. The van der Waals surface area contributed by atoms with Crippen LogP contribution in [0.25, 0.3) is 16.8 Å². The van der Waals surface area contributed by atoms with Crippen molar-refractivity contribution in [2.24, 2.45) is 25.5 Å². The second kappa shape index (κ2) is 21.8. The summed E-state index contributed by atoms with van der Waals surface area (Å²) < 4.78 is 145. The molecule has 5 aromatic carbocycles. The van der Waals surface area contributed by atoms with E-state index >= 15 is 0 Å². The van der Waals surface area contributed by atoms with Gasteiger partial charge in [0.05, 0.1) is 50.2 Å². The molecule has 2 aliphatic rings. The molecule has 0 aromatic heterocycles. The second-order valence-corrected chi connectivity index (χ2v) is 18.9. The molecule has 0 atom stereocenters. The summed E-state index contributed by atoms with van der Waals surface area (Å²) in [5.74, 6) is -3.83. The summed E-state index contributed by atoms with van der Waals surface area (Å²) in [6.45, 7) is 0. The molecule has 0 saturated carbocycles. The minimum atomic E-state index is -5.27. The normalized spacial score (nSPS) is 15.2. The SMILES string of the molecule is COc1cc(N=Nc2ccc3cc(S(=O)(=O)[O-])cc(S(=O)(=O)[O-])c3c2)ccc1N/N=C1\C(=O)c2cc(N/N=C3/C(=O)N(c4ccc(S(=O)(=O)[O-])cc4)N=C3C(=O)O)ccc2C=C1S(=O)(=O)O.[Na+].[Na+].[Na+]. The molecule has 69 heavy (non-hydrogen) atoms. The summed E-state index contributed by atoms with van der Waals surface area (Å²) in [5.41, 5.74) is 2.26. The van der Waals surface area contributed by atoms with E-state index in [0.717, 1.165) is 48.5 Å². The molecule has 7 rings (SSSR count). The first-order chi connectivity index (χ1) is 30.8. The van der Waals surface area contributed by atoms with E-state index in [2.05, 4.69) is 36.4 Å². The fourth-order valence-corrected chi connectivity index (χ4v) is 8.61. The van der Waals surface area contributed by atoms with Gasteiger partial charge < -0.3 is 23.5 Å². The number of carbonyl (C=O) groups excluding carboxylic acids is 2. The number of fused-ring (bicyclic) bond motifs is 2. The molecule has 5 aromatic rings. The number of ether oxygens (including phenoxy) is 1. The maximum Gasteiger partial charge on any atom is 1.00 e. The van der Waals surface area contributed by atoms with Gasteiger partial charge in [0, 0.05) is 17.0 Å². The second-order valence-electron chi connectivity index (χ2n) is 13.4. The molecule has 25 nitrogen and oxygen atoms in total. The number of nitrogens with zero attached hydrogens (tertiary/aromatic N) is 6. The van der Waals surface area contributed by atoms with Gasteiger partial charge in [-0.25, -0.2) is 30.0 Å². The van der Waals surface area contributed by atoms with Crippen LogP contribution in [0.15, 0.2) is 136 Å². The summed E-state index contributed by atoms with van der Waals surface area (Å²) in [6.07, 6.45) is 0.937. The third kappa shape index (κ3) is 12.6. The number of hydrazone groups is 3. The Balaban J connectivity index is 0.00000346. The van der Waals surface area contributed by atoms with Crippen molar-refractivity contribution in [1.82, 2.24) is 0 Å². The van der Waals surface area contributed by atoms with Gasteiger partial charge >= 0.3 is 101 Å². The number of nitrogens with one attached hydrogen (secondary N) is 2. The first-order valence-corrected chi connectivity index (χ1v) is 23.4. The third-order valence-corrected chi connectivity index (χ3v) is 12.6. The van der Waals surface area contributed by atoms with Crippen LogP contribution in [0.2, 0.25) is 0 Å². The Bertz CT molecular complexity index is 3610. The molecule has 1 aliphatic heterocycles. The monoisotopic (exact) mass is 1050 g/mol. The van der Waals surface area contributed by atoms with Crippen LogP contribution in [0.1, 0.15) is 15.9 Å². The quantitative estimate of drug-likeness (QED) is 0.0369. The zero-order chi connectivity index (χ0) is 48.1.